The van der Waals surface area contributed by atoms with Crippen molar-refractivity contribution in [2.75, 3.05) is 17.2 Å². The lowest BCUT2D eigenvalue weighted by atomic mass is 10.0. The number of thioether (sulfide) groups is 1. The van der Waals surface area contributed by atoms with Gasteiger partial charge < -0.3 is 5.32 Å². The third-order valence-corrected chi connectivity index (χ3v) is 9.18. The van der Waals surface area contributed by atoms with Crippen molar-refractivity contribution >= 4 is 52.3 Å². The second-order valence-corrected chi connectivity index (χ2v) is 11.9. The second kappa shape index (κ2) is 11.4. The maximum Gasteiger partial charge on any atom is 0.240 e. The molecule has 0 saturated heterocycles. The second-order valence-electron chi connectivity index (χ2n) is 9.40. The number of hydrogen-bond acceptors (Lipinski definition) is 5. The van der Waals surface area contributed by atoms with Crippen LogP contribution in [0.3, 0.4) is 0 Å². The largest absolute Gasteiger partial charge is 0.352 e. The molecule has 4 aromatic rings. The predicted octanol–water partition coefficient (Wildman–Crippen LogP) is 6.65. The van der Waals surface area contributed by atoms with Crippen molar-refractivity contribution in [1.82, 2.24) is 15.1 Å². The number of carbonyl (C=O) groups is 2. The predicted molar refractivity (Wildman–Crippen MR) is 158 cm³/mol. The van der Waals surface area contributed by atoms with E-state index in [1.165, 1.54) is 0 Å². The fraction of sp³-hybridized carbons (Fsp3) is 0.276. The number of nitrogens with one attached hydrogen (secondary N) is 1. The number of rotatable bonds is 7. The first-order valence-corrected chi connectivity index (χ1v) is 14.9. The Morgan fingerprint density at radius 2 is 1.89 bits per heavy atom. The Kier molecular flexibility index (Phi) is 7.93. The minimum absolute atomic E-state index is 0.0175. The van der Waals surface area contributed by atoms with Gasteiger partial charge in [0.15, 0.2) is 0 Å². The Balaban J connectivity index is 1.76. The van der Waals surface area contributed by atoms with E-state index in [1.807, 2.05) is 85.4 Å². The lowest BCUT2D eigenvalue weighted by Crippen LogP contribution is -2.44. The molecule has 2 aromatic heterocycles. The Bertz CT molecular complexity index is 1430. The van der Waals surface area contributed by atoms with Crippen LogP contribution in [-0.2, 0) is 9.59 Å². The van der Waals surface area contributed by atoms with Crippen LogP contribution in [0.5, 0.6) is 0 Å². The first kappa shape index (κ1) is 26.5. The maximum absolute atomic E-state index is 13.7. The molecule has 2 amide bonds. The Morgan fingerprint density at radius 3 is 2.55 bits per heavy atom. The summed E-state index contributed by atoms with van der Waals surface area (Å²) in [6, 6.07) is 19.8. The quantitative estimate of drug-likeness (QED) is 0.273. The molecule has 5 rings (SSSR count). The zero-order chi connectivity index (χ0) is 26.8. The van der Waals surface area contributed by atoms with Gasteiger partial charge in [0.05, 0.1) is 22.4 Å². The van der Waals surface area contributed by atoms with Crippen LogP contribution in [-0.4, -0.2) is 39.9 Å². The first-order valence-electron chi connectivity index (χ1n) is 12.6. The van der Waals surface area contributed by atoms with Gasteiger partial charge in [-0.25, -0.2) is 4.68 Å². The highest BCUT2D eigenvalue weighted by atomic mass is 35.5. The Hall–Kier alpha value is -3.07. The van der Waals surface area contributed by atoms with Crippen LogP contribution < -0.4 is 10.2 Å². The molecule has 2 atom stereocenters. The van der Waals surface area contributed by atoms with E-state index in [0.717, 1.165) is 39.4 Å². The number of benzene rings is 2. The van der Waals surface area contributed by atoms with Crippen LogP contribution >= 0.6 is 34.7 Å². The summed E-state index contributed by atoms with van der Waals surface area (Å²) in [6.45, 7) is 5.94. The molecule has 38 heavy (non-hydrogen) atoms. The molecule has 196 valence electrons. The minimum atomic E-state index is -0.192. The van der Waals surface area contributed by atoms with Gasteiger partial charge in [0.25, 0.3) is 0 Å². The summed E-state index contributed by atoms with van der Waals surface area (Å²) in [5.74, 6) is 0.571. The molecule has 0 spiro atoms. The zero-order valence-electron chi connectivity index (χ0n) is 21.5. The lowest BCUT2D eigenvalue weighted by Gasteiger charge is -2.24. The number of amides is 2. The van der Waals surface area contributed by atoms with Gasteiger partial charge in [-0.3, -0.25) is 14.5 Å². The number of anilines is 1. The summed E-state index contributed by atoms with van der Waals surface area (Å²) in [5, 5.41) is 10.7. The SMILES string of the molecule is CC[C@H](C)NC(=O)CN1C(=O)CS[C@H](c2cccs2)c2c(-c3ccc(Cl)cc3)nn(-c3ccc(C)cc3)c21. The van der Waals surface area contributed by atoms with Gasteiger partial charge in [-0.1, -0.05) is 54.4 Å². The molecule has 6 nitrogen and oxygen atoms in total. The Labute approximate surface area is 236 Å². The topological polar surface area (TPSA) is 67.2 Å². The van der Waals surface area contributed by atoms with Crippen LogP contribution in [0.2, 0.25) is 5.02 Å². The molecule has 0 saturated carbocycles. The van der Waals surface area contributed by atoms with Crippen LogP contribution in [0.4, 0.5) is 5.82 Å². The molecule has 0 radical (unpaired) electrons. The van der Waals surface area contributed by atoms with E-state index >= 15 is 0 Å². The number of aromatic nitrogens is 2. The Morgan fingerprint density at radius 1 is 1.16 bits per heavy atom. The molecular weight excluding hydrogens is 536 g/mol. The minimum Gasteiger partial charge on any atom is -0.352 e. The van der Waals surface area contributed by atoms with E-state index in [1.54, 1.807) is 28.0 Å². The summed E-state index contributed by atoms with van der Waals surface area (Å²) >= 11 is 9.45. The average molecular weight is 565 g/mol. The number of nitrogens with zero attached hydrogens (tertiary/aromatic N) is 3. The number of halogens is 1. The highest BCUT2D eigenvalue weighted by molar-refractivity contribution is 8.00. The highest BCUT2D eigenvalue weighted by Gasteiger charge is 2.38. The normalized spacial score (nSPS) is 16.2. The third kappa shape index (κ3) is 5.39. The van der Waals surface area contributed by atoms with E-state index in [-0.39, 0.29) is 35.4 Å². The molecule has 0 bridgehead atoms. The van der Waals surface area contributed by atoms with E-state index < -0.39 is 0 Å². The molecule has 0 fully saturated rings. The van der Waals surface area contributed by atoms with Crippen molar-refractivity contribution in [2.45, 2.75) is 38.5 Å². The molecule has 0 aliphatic carbocycles. The first-order chi connectivity index (χ1) is 18.4. The van der Waals surface area contributed by atoms with Crippen LogP contribution in [0.25, 0.3) is 16.9 Å². The molecule has 1 aliphatic rings. The fourth-order valence-electron chi connectivity index (χ4n) is 4.44. The van der Waals surface area contributed by atoms with E-state index in [9.17, 15) is 9.59 Å². The number of fused-ring (bicyclic) bond motifs is 1. The van der Waals surface area contributed by atoms with E-state index in [2.05, 4.69) is 11.4 Å². The van der Waals surface area contributed by atoms with Crippen LogP contribution in [0, 0.1) is 6.92 Å². The molecule has 2 aromatic carbocycles. The number of aryl methyl sites for hydroxylation is 1. The lowest BCUT2D eigenvalue weighted by molar-refractivity contribution is -0.123. The standard InChI is InChI=1S/C29H29ClN4O2S2/c1-4-19(3)31-24(35)16-33-25(36)17-38-28(23-6-5-15-37-23)26-27(20-9-11-21(30)12-10-20)32-34(29(26)33)22-13-7-18(2)8-14-22/h5-15,19,28H,4,16-17H2,1-3H3,(H,31,35)/t19-,28+/m0/s1. The molecule has 3 heterocycles. The summed E-state index contributed by atoms with van der Waals surface area (Å²) in [5.41, 5.74) is 4.53. The number of carbonyl (C=O) groups excluding carboxylic acids is 2. The zero-order valence-corrected chi connectivity index (χ0v) is 23.9. The highest BCUT2D eigenvalue weighted by Crippen LogP contribution is 2.49. The van der Waals surface area contributed by atoms with Gasteiger partial charge >= 0.3 is 0 Å². The van der Waals surface area contributed by atoms with E-state index in [4.69, 9.17) is 16.7 Å². The van der Waals surface area contributed by atoms with Gasteiger partial charge in [0.2, 0.25) is 11.8 Å². The van der Waals surface area contributed by atoms with Crippen molar-refractivity contribution in [3.63, 3.8) is 0 Å². The van der Waals surface area contributed by atoms with Gasteiger partial charge in [0, 0.05) is 27.1 Å². The molecule has 9 heteroatoms. The van der Waals surface area contributed by atoms with Crippen molar-refractivity contribution < 1.29 is 9.59 Å². The maximum atomic E-state index is 13.7. The van der Waals surface area contributed by atoms with Gasteiger partial charge in [-0.15, -0.1) is 23.1 Å². The van der Waals surface area contributed by atoms with Crippen molar-refractivity contribution in [1.29, 1.82) is 0 Å². The summed E-state index contributed by atoms with van der Waals surface area (Å²) in [4.78, 5) is 29.5. The van der Waals surface area contributed by atoms with Gasteiger partial charge in [-0.05, 0) is 56.0 Å². The van der Waals surface area contributed by atoms with Gasteiger partial charge in [0.1, 0.15) is 12.4 Å². The molecule has 1 aliphatic heterocycles. The monoisotopic (exact) mass is 564 g/mol. The summed E-state index contributed by atoms with van der Waals surface area (Å²) in [6.07, 6.45) is 0.809. The third-order valence-electron chi connectivity index (χ3n) is 6.61. The van der Waals surface area contributed by atoms with Crippen molar-refractivity contribution in [3.05, 3.63) is 87.1 Å². The van der Waals surface area contributed by atoms with Gasteiger partial charge in [-0.2, -0.15) is 5.10 Å². The smallest absolute Gasteiger partial charge is 0.240 e. The number of hydrogen-bond donors (Lipinski definition) is 1. The van der Waals surface area contributed by atoms with Crippen molar-refractivity contribution in [3.8, 4) is 16.9 Å². The van der Waals surface area contributed by atoms with Crippen LogP contribution in [0.15, 0.2) is 66.0 Å². The molecule has 1 N–H and O–H groups in total. The summed E-state index contributed by atoms with van der Waals surface area (Å²) in [7, 11) is 0. The summed E-state index contributed by atoms with van der Waals surface area (Å²) < 4.78 is 1.82. The van der Waals surface area contributed by atoms with E-state index in [0.29, 0.717) is 10.8 Å². The fourth-order valence-corrected chi connectivity index (χ4v) is 6.74. The van der Waals surface area contributed by atoms with Crippen molar-refractivity contribution in [2.24, 2.45) is 0 Å². The number of thiophene rings is 1. The molecular formula is C29H29ClN4O2S2. The average Bonchev–Trinajstić information content (AvgIpc) is 3.55. The molecule has 0 unspecified atom stereocenters. The van der Waals surface area contributed by atoms with Crippen LogP contribution in [0.1, 0.15) is 41.5 Å².